The van der Waals surface area contributed by atoms with Crippen molar-refractivity contribution in [3.63, 3.8) is 0 Å². The van der Waals surface area contributed by atoms with Crippen molar-refractivity contribution in [3.8, 4) is 11.8 Å². The van der Waals surface area contributed by atoms with Crippen molar-refractivity contribution in [1.82, 2.24) is 25.5 Å². The van der Waals surface area contributed by atoms with E-state index in [1.807, 2.05) is 18.2 Å². The van der Waals surface area contributed by atoms with Gasteiger partial charge in [-0.05, 0) is 28.0 Å². The van der Waals surface area contributed by atoms with Gasteiger partial charge in [-0.25, -0.2) is 0 Å². The molecule has 3 heterocycles. The van der Waals surface area contributed by atoms with E-state index in [-0.39, 0.29) is 55.7 Å². The zero-order chi connectivity index (χ0) is 22.0. The van der Waals surface area contributed by atoms with E-state index in [1.165, 1.54) is 4.68 Å². The number of para-hydroxylation sites is 1. The summed E-state index contributed by atoms with van der Waals surface area (Å²) in [6, 6.07) is 8.78. The molecule has 4 atom stereocenters. The predicted octanol–water partition coefficient (Wildman–Crippen LogP) is 1.18. The molecule has 11 heteroatoms. The molecule has 166 valence electrons. The van der Waals surface area contributed by atoms with Gasteiger partial charge in [0.05, 0.1) is 25.7 Å². The zero-order valence-electron chi connectivity index (χ0n) is 17.3. The maximum Gasteiger partial charge on any atom is 0.341 e. The first-order chi connectivity index (χ1) is 14.8. The van der Waals surface area contributed by atoms with Gasteiger partial charge in [0.2, 0.25) is 5.91 Å². The van der Waals surface area contributed by atoms with Crippen LogP contribution >= 0.6 is 0 Å². The molecule has 2 N–H and O–H groups in total. The van der Waals surface area contributed by atoms with Crippen LogP contribution in [0.25, 0.3) is 0 Å². The number of carboxylic acids is 1. The SMILES string of the molecule is CC(C)(CC(=O)O)CC(=O)NC1COC2C1OCC2n1nnnc1Oc1ccccc1. The van der Waals surface area contributed by atoms with Gasteiger partial charge in [-0.15, -0.1) is 0 Å². The number of aromatic nitrogens is 4. The van der Waals surface area contributed by atoms with Gasteiger partial charge in [-0.3, -0.25) is 9.59 Å². The summed E-state index contributed by atoms with van der Waals surface area (Å²) in [6.45, 7) is 4.10. The number of fused-ring (bicyclic) bond motifs is 1. The van der Waals surface area contributed by atoms with Crippen molar-refractivity contribution >= 4 is 11.9 Å². The van der Waals surface area contributed by atoms with Crippen LogP contribution in [0.15, 0.2) is 30.3 Å². The molecule has 31 heavy (non-hydrogen) atoms. The quantitative estimate of drug-likeness (QED) is 0.631. The minimum atomic E-state index is -0.931. The van der Waals surface area contributed by atoms with Gasteiger partial charge in [0.1, 0.15) is 24.0 Å². The lowest BCUT2D eigenvalue weighted by atomic mass is 9.85. The molecule has 1 amide bonds. The number of carboxylic acid groups (broad SMARTS) is 1. The van der Waals surface area contributed by atoms with Crippen LogP contribution in [0, 0.1) is 5.41 Å². The molecule has 11 nitrogen and oxygen atoms in total. The topological polar surface area (TPSA) is 138 Å². The lowest BCUT2D eigenvalue weighted by molar-refractivity contribution is -0.139. The number of benzene rings is 1. The van der Waals surface area contributed by atoms with Gasteiger partial charge in [0, 0.05) is 6.42 Å². The summed E-state index contributed by atoms with van der Waals surface area (Å²) < 4.78 is 19.2. The second-order valence-electron chi connectivity index (χ2n) is 8.57. The van der Waals surface area contributed by atoms with Crippen molar-refractivity contribution in [2.24, 2.45) is 5.41 Å². The lowest BCUT2D eigenvalue weighted by Gasteiger charge is -2.24. The second-order valence-corrected chi connectivity index (χ2v) is 8.57. The van der Waals surface area contributed by atoms with Gasteiger partial charge in [0.15, 0.2) is 0 Å². The maximum absolute atomic E-state index is 12.5. The Labute approximate surface area is 178 Å². The van der Waals surface area contributed by atoms with E-state index >= 15 is 0 Å². The molecule has 2 saturated heterocycles. The zero-order valence-corrected chi connectivity index (χ0v) is 17.3. The van der Waals surface area contributed by atoms with Crippen LogP contribution in [0.4, 0.5) is 0 Å². The van der Waals surface area contributed by atoms with Crippen LogP contribution in [0.3, 0.4) is 0 Å². The summed E-state index contributed by atoms with van der Waals surface area (Å²) in [5, 5.41) is 23.6. The van der Waals surface area contributed by atoms with Crippen LogP contribution < -0.4 is 10.1 Å². The number of amides is 1. The van der Waals surface area contributed by atoms with E-state index in [4.69, 9.17) is 19.3 Å². The Balaban J connectivity index is 1.38. The molecule has 2 aromatic rings. The molecule has 1 aromatic heterocycles. The standard InChI is InChI=1S/C20H25N5O6/c1-20(2,9-16(27)28)8-15(26)21-13-10-29-18-14(11-30-17(13)18)25-19(22-23-24-25)31-12-6-4-3-5-7-12/h3-7,13-14,17-18H,8-11H2,1-2H3,(H,21,26)(H,27,28). The van der Waals surface area contributed by atoms with Crippen LogP contribution in [-0.2, 0) is 19.1 Å². The maximum atomic E-state index is 12.5. The highest BCUT2D eigenvalue weighted by Gasteiger charge is 2.50. The van der Waals surface area contributed by atoms with Crippen molar-refractivity contribution in [3.05, 3.63) is 30.3 Å². The number of carbonyl (C=O) groups is 2. The number of aliphatic carboxylic acids is 1. The smallest absolute Gasteiger partial charge is 0.341 e. The van der Waals surface area contributed by atoms with Crippen molar-refractivity contribution in [2.45, 2.75) is 51.0 Å². The Morgan fingerprint density at radius 3 is 2.68 bits per heavy atom. The normalized spacial score (nSPS) is 25.2. The number of tetrazole rings is 1. The highest BCUT2D eigenvalue weighted by molar-refractivity contribution is 5.78. The van der Waals surface area contributed by atoms with Gasteiger partial charge in [0.25, 0.3) is 0 Å². The Morgan fingerprint density at radius 2 is 1.94 bits per heavy atom. The van der Waals surface area contributed by atoms with Crippen LogP contribution in [-0.4, -0.2) is 68.7 Å². The van der Waals surface area contributed by atoms with Crippen molar-refractivity contribution in [2.75, 3.05) is 13.2 Å². The summed E-state index contributed by atoms with van der Waals surface area (Å²) in [5.41, 5.74) is -0.649. The molecule has 0 radical (unpaired) electrons. The highest BCUT2D eigenvalue weighted by Crippen LogP contribution is 2.36. The number of ether oxygens (including phenoxy) is 3. The van der Waals surface area contributed by atoms with Gasteiger partial charge in [-0.2, -0.15) is 4.68 Å². The molecule has 2 fully saturated rings. The molecule has 0 saturated carbocycles. The van der Waals surface area contributed by atoms with Crippen LogP contribution in [0.2, 0.25) is 0 Å². The fourth-order valence-corrected chi connectivity index (χ4v) is 4.03. The van der Waals surface area contributed by atoms with Crippen LogP contribution in [0.5, 0.6) is 11.8 Å². The third-order valence-corrected chi connectivity index (χ3v) is 5.37. The summed E-state index contributed by atoms with van der Waals surface area (Å²) in [5.74, 6) is -0.558. The summed E-state index contributed by atoms with van der Waals surface area (Å²) >= 11 is 0. The van der Waals surface area contributed by atoms with Crippen molar-refractivity contribution < 1.29 is 28.9 Å². The first kappa shape index (κ1) is 21.2. The molecule has 4 rings (SSSR count). The number of nitrogens with zero attached hydrogens (tertiary/aromatic N) is 4. The molecule has 4 unspecified atom stereocenters. The molecule has 0 aliphatic carbocycles. The monoisotopic (exact) mass is 431 g/mol. The first-order valence-electron chi connectivity index (χ1n) is 10.1. The molecule has 2 aliphatic heterocycles. The van der Waals surface area contributed by atoms with E-state index in [9.17, 15) is 9.59 Å². The summed E-state index contributed by atoms with van der Waals surface area (Å²) in [6.07, 6.45) is -0.696. The summed E-state index contributed by atoms with van der Waals surface area (Å²) in [4.78, 5) is 23.5. The van der Waals surface area contributed by atoms with E-state index in [0.29, 0.717) is 12.4 Å². The summed E-state index contributed by atoms with van der Waals surface area (Å²) in [7, 11) is 0. The van der Waals surface area contributed by atoms with E-state index < -0.39 is 11.4 Å². The fourth-order valence-electron chi connectivity index (χ4n) is 4.03. The van der Waals surface area contributed by atoms with Crippen molar-refractivity contribution in [1.29, 1.82) is 0 Å². The Bertz CT molecular complexity index is 933. The number of carbonyl (C=O) groups excluding carboxylic acids is 1. The largest absolute Gasteiger partial charge is 0.481 e. The van der Waals surface area contributed by atoms with Gasteiger partial charge < -0.3 is 24.6 Å². The third kappa shape index (κ3) is 4.83. The number of hydrogen-bond acceptors (Lipinski definition) is 8. The van der Waals surface area contributed by atoms with Crippen LogP contribution in [0.1, 0.15) is 32.7 Å². The number of nitrogens with one attached hydrogen (secondary N) is 1. The fraction of sp³-hybridized carbons (Fsp3) is 0.550. The Kier molecular flexibility index (Phi) is 5.88. The number of rotatable bonds is 8. The highest BCUT2D eigenvalue weighted by atomic mass is 16.6. The van der Waals surface area contributed by atoms with E-state index in [2.05, 4.69) is 20.8 Å². The molecular weight excluding hydrogens is 406 g/mol. The predicted molar refractivity (Wildman–Crippen MR) is 105 cm³/mol. The Hall–Kier alpha value is -3.05. The van der Waals surface area contributed by atoms with Gasteiger partial charge >= 0.3 is 12.0 Å². The van der Waals surface area contributed by atoms with E-state index in [1.54, 1.807) is 26.0 Å². The average Bonchev–Trinajstić information content (AvgIpc) is 3.39. The van der Waals surface area contributed by atoms with Gasteiger partial charge in [-0.1, -0.05) is 37.1 Å². The minimum absolute atomic E-state index is 0.0876. The van der Waals surface area contributed by atoms with E-state index in [0.717, 1.165) is 0 Å². The molecule has 1 aromatic carbocycles. The molecule has 2 aliphatic rings. The molecule has 0 spiro atoms. The average molecular weight is 431 g/mol. The Morgan fingerprint density at radius 1 is 1.19 bits per heavy atom. The molecular formula is C20H25N5O6. The third-order valence-electron chi connectivity index (χ3n) is 5.37. The second kappa shape index (κ2) is 8.60. The minimum Gasteiger partial charge on any atom is -0.481 e. The lowest BCUT2D eigenvalue weighted by Crippen LogP contribution is -2.45. The molecule has 0 bridgehead atoms. The number of hydrogen-bond donors (Lipinski definition) is 2. The first-order valence-corrected chi connectivity index (χ1v) is 10.1.